The maximum Gasteiger partial charge on any atom is 0.182 e. The minimum absolute atomic E-state index is 0.151. The maximum absolute atomic E-state index is 7.05. The van der Waals surface area contributed by atoms with Gasteiger partial charge in [0.15, 0.2) is 8.07 Å². The molecule has 9 aromatic rings. The highest BCUT2D eigenvalue weighted by Gasteiger charge is 2.55. The molecule has 2 nitrogen and oxygen atoms in total. The summed E-state index contributed by atoms with van der Waals surface area (Å²) in [5.41, 5.74) is 18.4. The van der Waals surface area contributed by atoms with Crippen molar-refractivity contribution in [1.82, 2.24) is 0 Å². The predicted molar refractivity (Wildman–Crippen MR) is 252 cm³/mol. The van der Waals surface area contributed by atoms with Gasteiger partial charge in [0.25, 0.3) is 0 Å². The van der Waals surface area contributed by atoms with E-state index in [9.17, 15) is 0 Å². The van der Waals surface area contributed by atoms with Crippen molar-refractivity contribution in [2.45, 2.75) is 24.7 Å². The molecule has 4 heterocycles. The largest absolute Gasteiger partial charge is 0.457 e. The van der Waals surface area contributed by atoms with E-state index < -0.39 is 13.5 Å². The van der Waals surface area contributed by atoms with Gasteiger partial charge in [-0.25, -0.2) is 0 Å². The molecule has 1 aliphatic carbocycles. The van der Waals surface area contributed by atoms with Crippen LogP contribution in [0.2, 0.25) is 0 Å². The lowest BCUT2D eigenvalue weighted by Crippen LogP contribution is -2.70. The fourth-order valence-electron chi connectivity index (χ4n) is 12.6. The van der Waals surface area contributed by atoms with Crippen LogP contribution in [-0.2, 0) is 10.8 Å². The molecule has 0 radical (unpaired) electrons. The first-order valence-electron chi connectivity index (χ1n) is 21.5. The van der Waals surface area contributed by atoms with Crippen molar-refractivity contribution in [2.24, 2.45) is 0 Å². The van der Waals surface area contributed by atoms with Crippen LogP contribution in [0.25, 0.3) is 33.4 Å². The zero-order valence-corrected chi connectivity index (χ0v) is 34.9. The second-order valence-corrected chi connectivity index (χ2v) is 21.6. The van der Waals surface area contributed by atoms with Gasteiger partial charge in [0.05, 0.1) is 16.8 Å². The molecule has 0 aromatic heterocycles. The quantitative estimate of drug-likeness (QED) is 0.154. The molecule has 0 unspecified atom stereocenters. The molecule has 0 amide bonds. The molecule has 0 saturated heterocycles. The van der Waals surface area contributed by atoms with Crippen molar-refractivity contribution in [3.63, 3.8) is 0 Å². The molecule has 9 aromatic carbocycles. The number of benzene rings is 9. The third-order valence-corrected chi connectivity index (χ3v) is 19.9. The standard InChI is InChI=1S/C58H39NOSi/c1-57(2)43-21-7-3-17-37(43)42-34-48-52(35-47(42)57)60-51-27-13-10-24-46(51)58(48)44-22-8-11-25-49(44)59(50-26-12-9-23-45(50)58)36-31-32-41-40-20-6-16-30-55(40)61(56(41)33-36)53-28-14-4-18-38(53)39-19-5-15-29-54(39)61/h3-35H,1-2H3. The van der Waals surface area contributed by atoms with Gasteiger partial charge in [-0.05, 0) is 119 Å². The van der Waals surface area contributed by atoms with Gasteiger partial charge in [0.1, 0.15) is 11.5 Å². The van der Waals surface area contributed by atoms with Crippen molar-refractivity contribution in [3.8, 4) is 44.9 Å². The summed E-state index contributed by atoms with van der Waals surface area (Å²) in [6.45, 7) is 4.70. The van der Waals surface area contributed by atoms with E-state index in [0.29, 0.717) is 0 Å². The minimum atomic E-state index is -2.66. The number of ether oxygens (including phenoxy) is 1. The molecule has 2 spiro atoms. The fraction of sp³-hybridized carbons (Fsp3) is 0.0690. The highest BCUT2D eigenvalue weighted by Crippen LogP contribution is 2.64. The Morgan fingerprint density at radius 2 is 0.852 bits per heavy atom. The van der Waals surface area contributed by atoms with Gasteiger partial charge in [0, 0.05) is 22.2 Å². The number of nitrogens with zero attached hydrogens (tertiary/aromatic N) is 1. The summed E-state index contributed by atoms with van der Waals surface area (Å²) in [4.78, 5) is 2.55. The predicted octanol–water partition coefficient (Wildman–Crippen LogP) is 11.6. The van der Waals surface area contributed by atoms with Crippen LogP contribution in [0, 0.1) is 0 Å². The molecule has 0 saturated carbocycles. The molecule has 3 heteroatoms. The van der Waals surface area contributed by atoms with Gasteiger partial charge < -0.3 is 9.64 Å². The van der Waals surface area contributed by atoms with Crippen LogP contribution in [-0.4, -0.2) is 8.07 Å². The van der Waals surface area contributed by atoms with Gasteiger partial charge in [-0.1, -0.05) is 172 Å². The molecule has 0 N–H and O–H groups in total. The Bertz CT molecular complexity index is 3300. The van der Waals surface area contributed by atoms with Gasteiger partial charge in [0.2, 0.25) is 0 Å². The van der Waals surface area contributed by atoms with Crippen molar-refractivity contribution >= 4 is 45.9 Å². The van der Waals surface area contributed by atoms with E-state index in [-0.39, 0.29) is 5.41 Å². The van der Waals surface area contributed by atoms with Gasteiger partial charge >= 0.3 is 0 Å². The first-order chi connectivity index (χ1) is 30.0. The highest BCUT2D eigenvalue weighted by molar-refractivity contribution is 7.24. The average molecular weight is 794 g/mol. The normalized spacial score (nSPS) is 16.2. The summed E-state index contributed by atoms with van der Waals surface area (Å²) < 4.78 is 7.05. The lowest BCUT2D eigenvalue weighted by atomic mass is 9.60. The number of rotatable bonds is 1. The molecule has 5 aliphatic rings. The average Bonchev–Trinajstić information content (AvgIpc) is 3.86. The summed E-state index contributed by atoms with van der Waals surface area (Å²) in [6, 6.07) is 75.9. The van der Waals surface area contributed by atoms with E-state index in [0.717, 1.165) is 11.5 Å². The summed E-state index contributed by atoms with van der Waals surface area (Å²) in [6.07, 6.45) is 0. The maximum atomic E-state index is 7.05. The third kappa shape index (κ3) is 3.90. The van der Waals surface area contributed by atoms with E-state index in [1.165, 1.54) is 105 Å². The van der Waals surface area contributed by atoms with Gasteiger partial charge in [-0.2, -0.15) is 0 Å². The molecule has 14 rings (SSSR count). The van der Waals surface area contributed by atoms with Crippen LogP contribution in [0.4, 0.5) is 17.1 Å². The molecular formula is C58H39NOSi. The third-order valence-electron chi connectivity index (χ3n) is 14.9. The Hall–Kier alpha value is -7.20. The molecule has 0 fully saturated rings. The van der Waals surface area contributed by atoms with E-state index >= 15 is 0 Å². The molecule has 0 atom stereocenters. The number of para-hydroxylation sites is 3. The lowest BCUT2D eigenvalue weighted by molar-refractivity contribution is 0.432. The first kappa shape index (κ1) is 33.6. The Kier molecular flexibility index (Phi) is 6.36. The van der Waals surface area contributed by atoms with Crippen molar-refractivity contribution < 1.29 is 4.74 Å². The minimum Gasteiger partial charge on any atom is -0.457 e. The van der Waals surface area contributed by atoms with E-state index in [2.05, 4.69) is 219 Å². The Balaban J connectivity index is 1.05. The van der Waals surface area contributed by atoms with Crippen LogP contribution in [0.15, 0.2) is 200 Å². The van der Waals surface area contributed by atoms with Gasteiger partial charge in [-0.15, -0.1) is 0 Å². The molecule has 0 bridgehead atoms. The Morgan fingerprint density at radius 1 is 0.361 bits per heavy atom. The lowest BCUT2D eigenvalue weighted by Gasteiger charge is -2.49. The van der Waals surface area contributed by atoms with Gasteiger partial charge in [-0.3, -0.25) is 0 Å². The molecule has 4 aliphatic heterocycles. The smallest absolute Gasteiger partial charge is 0.182 e. The van der Waals surface area contributed by atoms with Crippen LogP contribution in [0.1, 0.15) is 47.2 Å². The Labute approximate surface area is 357 Å². The Morgan fingerprint density at radius 3 is 1.48 bits per heavy atom. The van der Waals surface area contributed by atoms with Crippen LogP contribution in [0.5, 0.6) is 11.5 Å². The zero-order chi connectivity index (χ0) is 40.2. The topological polar surface area (TPSA) is 12.5 Å². The van der Waals surface area contributed by atoms with Crippen LogP contribution < -0.4 is 30.4 Å². The number of anilines is 3. The molecule has 286 valence electrons. The van der Waals surface area contributed by atoms with Crippen molar-refractivity contribution in [1.29, 1.82) is 0 Å². The van der Waals surface area contributed by atoms with Crippen LogP contribution in [0.3, 0.4) is 0 Å². The monoisotopic (exact) mass is 793 g/mol. The number of hydrogen-bond acceptors (Lipinski definition) is 2. The van der Waals surface area contributed by atoms with Crippen LogP contribution >= 0.6 is 0 Å². The summed E-state index contributed by atoms with van der Waals surface area (Å²) >= 11 is 0. The summed E-state index contributed by atoms with van der Waals surface area (Å²) in [7, 11) is -2.66. The molecule has 61 heavy (non-hydrogen) atoms. The SMILES string of the molecule is CC1(C)c2ccccc2-c2cc3c(cc21)Oc1ccccc1C31c2ccccc2N(c2ccc3c(c2)[Si]2(c4ccccc4-c4ccccc42)c2ccccc2-3)c2ccccc21. The van der Waals surface area contributed by atoms with Crippen molar-refractivity contribution in [2.75, 3.05) is 4.90 Å². The van der Waals surface area contributed by atoms with E-state index in [4.69, 9.17) is 4.74 Å². The number of fused-ring (bicyclic) bond motifs is 21. The zero-order valence-electron chi connectivity index (χ0n) is 33.9. The molecular weight excluding hydrogens is 755 g/mol. The second kappa shape index (κ2) is 11.5. The van der Waals surface area contributed by atoms with Crippen molar-refractivity contribution in [3.05, 3.63) is 234 Å². The highest BCUT2D eigenvalue weighted by atomic mass is 28.3. The summed E-state index contributed by atoms with van der Waals surface area (Å²) in [5, 5.41) is 5.94. The second-order valence-electron chi connectivity index (χ2n) is 17.9. The first-order valence-corrected chi connectivity index (χ1v) is 23.5. The summed E-state index contributed by atoms with van der Waals surface area (Å²) in [5.74, 6) is 1.83. The fourth-order valence-corrected chi connectivity index (χ4v) is 18.2. The van der Waals surface area contributed by atoms with E-state index in [1.54, 1.807) is 0 Å². The van der Waals surface area contributed by atoms with E-state index in [1.807, 2.05) is 0 Å². The number of hydrogen-bond donors (Lipinski definition) is 0.